The molecule has 0 aliphatic rings. The Bertz CT molecular complexity index is 567. The fraction of sp³-hybridized carbons (Fsp3) is 0.450. The second kappa shape index (κ2) is 9.33. The lowest BCUT2D eigenvalue weighted by molar-refractivity contribution is 0.658. The first-order chi connectivity index (χ1) is 10.1. The van der Waals surface area contributed by atoms with Crippen molar-refractivity contribution in [3.8, 4) is 0 Å². The first kappa shape index (κ1) is 17.4. The standard InChI is InChI=1S/C18H23N.C2H6/c1-14(2)8-9-15(3)10-12-17-13-11-16-6-4-5-7-18(16)19-17;1-2/h4-7,9,11,13-14H,8,10,12H2,1-3H3;1-2H3/b15-9+;. The van der Waals surface area contributed by atoms with Gasteiger partial charge in [-0.3, -0.25) is 4.98 Å². The van der Waals surface area contributed by atoms with Crippen LogP contribution in [0.2, 0.25) is 0 Å². The van der Waals surface area contributed by atoms with E-state index in [-0.39, 0.29) is 0 Å². The molecule has 114 valence electrons. The van der Waals surface area contributed by atoms with Gasteiger partial charge in [-0.1, -0.05) is 63.6 Å². The maximum Gasteiger partial charge on any atom is 0.0705 e. The number of aromatic nitrogens is 1. The Hall–Kier alpha value is -1.63. The molecular formula is C20H29N. The molecule has 1 aromatic carbocycles. The fourth-order valence-corrected chi connectivity index (χ4v) is 2.11. The highest BCUT2D eigenvalue weighted by Crippen LogP contribution is 2.15. The van der Waals surface area contributed by atoms with Gasteiger partial charge < -0.3 is 0 Å². The largest absolute Gasteiger partial charge is 0.253 e. The van der Waals surface area contributed by atoms with Gasteiger partial charge in [-0.2, -0.15) is 0 Å². The zero-order chi connectivity index (χ0) is 15.7. The number of allylic oxidation sites excluding steroid dienone is 2. The number of benzene rings is 1. The van der Waals surface area contributed by atoms with Crippen molar-refractivity contribution in [1.82, 2.24) is 4.98 Å². The number of nitrogens with zero attached hydrogens (tertiary/aromatic N) is 1. The van der Waals surface area contributed by atoms with Crippen molar-refractivity contribution in [2.75, 3.05) is 0 Å². The number of pyridine rings is 1. The number of para-hydroxylation sites is 1. The highest BCUT2D eigenvalue weighted by Gasteiger charge is 1.99. The zero-order valence-corrected chi connectivity index (χ0v) is 14.2. The van der Waals surface area contributed by atoms with Crippen molar-refractivity contribution in [1.29, 1.82) is 0 Å². The summed E-state index contributed by atoms with van der Waals surface area (Å²) in [5.74, 6) is 0.744. The Morgan fingerprint density at radius 2 is 1.81 bits per heavy atom. The lowest BCUT2D eigenvalue weighted by atomic mass is 10.0. The maximum absolute atomic E-state index is 4.72. The van der Waals surface area contributed by atoms with E-state index in [4.69, 9.17) is 4.98 Å². The van der Waals surface area contributed by atoms with Crippen LogP contribution in [0, 0.1) is 5.92 Å². The van der Waals surface area contributed by atoms with Crippen LogP contribution in [0.5, 0.6) is 0 Å². The van der Waals surface area contributed by atoms with Crippen molar-refractivity contribution in [2.45, 2.75) is 53.9 Å². The molecule has 21 heavy (non-hydrogen) atoms. The van der Waals surface area contributed by atoms with Crippen LogP contribution >= 0.6 is 0 Å². The van der Waals surface area contributed by atoms with Crippen molar-refractivity contribution in [2.24, 2.45) is 5.92 Å². The monoisotopic (exact) mass is 283 g/mol. The lowest BCUT2D eigenvalue weighted by Crippen LogP contribution is -1.92. The average Bonchev–Trinajstić information content (AvgIpc) is 2.52. The van der Waals surface area contributed by atoms with Gasteiger partial charge in [-0.25, -0.2) is 0 Å². The summed E-state index contributed by atoms with van der Waals surface area (Å²) in [5.41, 5.74) is 3.77. The molecule has 0 radical (unpaired) electrons. The van der Waals surface area contributed by atoms with E-state index in [0.29, 0.717) is 0 Å². The van der Waals surface area contributed by atoms with Gasteiger partial charge in [0.1, 0.15) is 0 Å². The molecule has 0 bridgehead atoms. The van der Waals surface area contributed by atoms with Crippen molar-refractivity contribution in [3.63, 3.8) is 0 Å². The number of fused-ring (bicyclic) bond motifs is 1. The number of hydrogen-bond acceptors (Lipinski definition) is 1. The van der Waals surface area contributed by atoms with Crippen LogP contribution in [0.4, 0.5) is 0 Å². The Morgan fingerprint density at radius 3 is 2.52 bits per heavy atom. The normalized spacial score (nSPS) is 11.4. The van der Waals surface area contributed by atoms with Gasteiger partial charge in [0.05, 0.1) is 5.52 Å². The van der Waals surface area contributed by atoms with E-state index in [2.05, 4.69) is 57.2 Å². The van der Waals surface area contributed by atoms with E-state index in [0.717, 1.165) is 24.3 Å². The Balaban J connectivity index is 0.00000106. The lowest BCUT2D eigenvalue weighted by Gasteiger charge is -2.05. The third kappa shape index (κ3) is 6.12. The van der Waals surface area contributed by atoms with E-state index in [1.54, 1.807) is 0 Å². The quantitative estimate of drug-likeness (QED) is 0.596. The third-order valence-electron chi connectivity index (χ3n) is 3.37. The number of hydrogen-bond donors (Lipinski definition) is 0. The second-order valence-corrected chi connectivity index (χ2v) is 5.68. The molecule has 0 saturated heterocycles. The Labute approximate surface area is 130 Å². The first-order valence-corrected chi connectivity index (χ1v) is 8.15. The minimum absolute atomic E-state index is 0.744. The van der Waals surface area contributed by atoms with E-state index in [1.807, 2.05) is 19.9 Å². The van der Waals surface area contributed by atoms with Crippen LogP contribution in [0.3, 0.4) is 0 Å². The van der Waals surface area contributed by atoms with Crippen molar-refractivity contribution < 1.29 is 0 Å². The molecule has 1 nitrogen and oxygen atoms in total. The molecule has 0 spiro atoms. The van der Waals surface area contributed by atoms with E-state index >= 15 is 0 Å². The molecule has 1 heteroatoms. The minimum Gasteiger partial charge on any atom is -0.253 e. The predicted molar refractivity (Wildman–Crippen MR) is 94.6 cm³/mol. The molecule has 0 unspecified atom stereocenters. The van der Waals surface area contributed by atoms with Gasteiger partial charge >= 0.3 is 0 Å². The predicted octanol–water partition coefficient (Wildman–Crippen LogP) is 6.19. The van der Waals surface area contributed by atoms with Gasteiger partial charge in [-0.05, 0) is 44.2 Å². The highest BCUT2D eigenvalue weighted by atomic mass is 14.7. The zero-order valence-electron chi connectivity index (χ0n) is 14.2. The molecular weight excluding hydrogens is 254 g/mol. The summed E-state index contributed by atoms with van der Waals surface area (Å²) in [6, 6.07) is 12.6. The van der Waals surface area contributed by atoms with Crippen LogP contribution in [-0.4, -0.2) is 4.98 Å². The first-order valence-electron chi connectivity index (χ1n) is 8.15. The molecule has 0 atom stereocenters. The van der Waals surface area contributed by atoms with E-state index in [9.17, 15) is 0 Å². The van der Waals surface area contributed by atoms with Gasteiger partial charge in [0, 0.05) is 11.1 Å². The average molecular weight is 283 g/mol. The summed E-state index contributed by atoms with van der Waals surface area (Å²) in [6.07, 6.45) is 5.69. The van der Waals surface area contributed by atoms with Gasteiger partial charge in [0.15, 0.2) is 0 Å². The van der Waals surface area contributed by atoms with Gasteiger partial charge in [0.25, 0.3) is 0 Å². The summed E-state index contributed by atoms with van der Waals surface area (Å²) in [7, 11) is 0. The fourth-order valence-electron chi connectivity index (χ4n) is 2.11. The minimum atomic E-state index is 0.744. The van der Waals surface area contributed by atoms with Crippen LogP contribution in [0.1, 0.15) is 53.2 Å². The molecule has 0 aliphatic carbocycles. The Morgan fingerprint density at radius 1 is 1.10 bits per heavy atom. The highest BCUT2D eigenvalue weighted by molar-refractivity contribution is 5.78. The molecule has 2 rings (SSSR count). The molecule has 1 heterocycles. The van der Waals surface area contributed by atoms with E-state index < -0.39 is 0 Å². The molecule has 2 aromatic rings. The Kier molecular flexibility index (Phi) is 7.74. The molecule has 0 fully saturated rings. The van der Waals surface area contributed by atoms with Crippen LogP contribution in [0.15, 0.2) is 48.0 Å². The summed E-state index contributed by atoms with van der Waals surface area (Å²) >= 11 is 0. The van der Waals surface area contributed by atoms with Gasteiger partial charge in [0.2, 0.25) is 0 Å². The summed E-state index contributed by atoms with van der Waals surface area (Å²) in [6.45, 7) is 10.7. The number of aryl methyl sites for hydroxylation is 1. The summed E-state index contributed by atoms with van der Waals surface area (Å²) in [5, 5.41) is 1.22. The van der Waals surface area contributed by atoms with E-state index in [1.165, 1.54) is 23.1 Å². The summed E-state index contributed by atoms with van der Waals surface area (Å²) in [4.78, 5) is 4.72. The molecule has 0 saturated carbocycles. The van der Waals surface area contributed by atoms with Crippen molar-refractivity contribution >= 4 is 10.9 Å². The van der Waals surface area contributed by atoms with Crippen LogP contribution in [-0.2, 0) is 6.42 Å². The topological polar surface area (TPSA) is 12.9 Å². The third-order valence-corrected chi connectivity index (χ3v) is 3.37. The summed E-state index contributed by atoms with van der Waals surface area (Å²) < 4.78 is 0. The maximum atomic E-state index is 4.72. The number of rotatable bonds is 5. The van der Waals surface area contributed by atoms with Crippen LogP contribution < -0.4 is 0 Å². The van der Waals surface area contributed by atoms with Crippen molar-refractivity contribution in [3.05, 3.63) is 53.7 Å². The van der Waals surface area contributed by atoms with Crippen LogP contribution in [0.25, 0.3) is 10.9 Å². The molecule has 0 amide bonds. The van der Waals surface area contributed by atoms with Gasteiger partial charge in [-0.15, -0.1) is 0 Å². The smallest absolute Gasteiger partial charge is 0.0705 e. The molecule has 1 aromatic heterocycles. The molecule has 0 aliphatic heterocycles. The molecule has 0 N–H and O–H groups in total. The SMILES string of the molecule is C/C(=C\CC(C)C)CCc1ccc2ccccc2n1.CC. The second-order valence-electron chi connectivity index (χ2n) is 5.68.